The number of halogens is 1. The van der Waals surface area contributed by atoms with Crippen LogP contribution in [0.15, 0.2) is 88.2 Å². The Hall–Kier alpha value is -3.22. The smallest absolute Gasteiger partial charge is 0.375 e. The molecule has 1 heterocycles. The minimum atomic E-state index is -0.666. The van der Waals surface area contributed by atoms with Crippen LogP contribution in [0.3, 0.4) is 0 Å². The monoisotopic (exact) mass is 479 g/mol. The topological polar surface area (TPSA) is 68.5 Å². The number of carbonyl (C=O) groups is 2. The molecule has 0 saturated carbocycles. The van der Waals surface area contributed by atoms with Crippen molar-refractivity contribution in [2.45, 2.75) is 23.6 Å². The lowest BCUT2D eigenvalue weighted by molar-refractivity contribution is -0.124. The molecule has 1 aromatic heterocycles. The summed E-state index contributed by atoms with van der Waals surface area (Å²) in [6.45, 7) is 1.48. The van der Waals surface area contributed by atoms with Gasteiger partial charge in [0.15, 0.2) is 6.61 Å². The maximum Gasteiger partial charge on any atom is 0.375 e. The van der Waals surface area contributed by atoms with Gasteiger partial charge in [-0.15, -0.1) is 11.8 Å². The van der Waals surface area contributed by atoms with E-state index in [1.165, 1.54) is 0 Å². The van der Waals surface area contributed by atoms with Crippen molar-refractivity contribution in [3.63, 3.8) is 0 Å². The molecule has 1 atom stereocenters. The Bertz CT molecular complexity index is 1250. The number of para-hydroxylation sites is 1. The first-order valence-electron chi connectivity index (χ1n) is 10.4. The third-order valence-electron chi connectivity index (χ3n) is 5.09. The van der Waals surface area contributed by atoms with Gasteiger partial charge in [-0.3, -0.25) is 4.79 Å². The van der Waals surface area contributed by atoms with E-state index in [0.717, 1.165) is 21.4 Å². The minimum Gasteiger partial charge on any atom is -0.450 e. The van der Waals surface area contributed by atoms with Gasteiger partial charge in [0.25, 0.3) is 5.91 Å². The van der Waals surface area contributed by atoms with Gasteiger partial charge in [-0.1, -0.05) is 60.1 Å². The van der Waals surface area contributed by atoms with Crippen molar-refractivity contribution in [1.29, 1.82) is 0 Å². The van der Waals surface area contributed by atoms with Gasteiger partial charge in [0.05, 0.1) is 6.04 Å². The van der Waals surface area contributed by atoms with E-state index in [2.05, 4.69) is 5.32 Å². The molecule has 1 N–H and O–H groups in total. The molecular formula is C26H22ClNO4S. The first kappa shape index (κ1) is 23.0. The number of thioether (sulfide) groups is 1. The van der Waals surface area contributed by atoms with Crippen molar-refractivity contribution in [2.75, 3.05) is 6.61 Å². The van der Waals surface area contributed by atoms with E-state index in [1.54, 1.807) is 17.8 Å². The van der Waals surface area contributed by atoms with Gasteiger partial charge in [0.2, 0.25) is 5.76 Å². The first-order valence-corrected chi connectivity index (χ1v) is 11.8. The Morgan fingerprint density at radius 2 is 1.70 bits per heavy atom. The fourth-order valence-electron chi connectivity index (χ4n) is 3.40. The second kappa shape index (κ2) is 10.6. The van der Waals surface area contributed by atoms with Crippen LogP contribution >= 0.6 is 23.4 Å². The van der Waals surface area contributed by atoms with E-state index in [9.17, 15) is 9.59 Å². The summed E-state index contributed by atoms with van der Waals surface area (Å²) in [5.74, 6) is -0.435. The van der Waals surface area contributed by atoms with Crippen LogP contribution in [0.4, 0.5) is 0 Å². The number of fused-ring (bicyclic) bond motifs is 1. The van der Waals surface area contributed by atoms with Crippen LogP contribution in [0.5, 0.6) is 0 Å². The number of furan rings is 1. The lowest BCUT2D eigenvalue weighted by Gasteiger charge is -2.14. The van der Waals surface area contributed by atoms with Crippen LogP contribution in [0.1, 0.15) is 34.6 Å². The first-order chi connectivity index (χ1) is 16.0. The molecule has 0 unspecified atom stereocenters. The highest BCUT2D eigenvalue weighted by Gasteiger charge is 2.23. The number of hydrogen-bond donors (Lipinski definition) is 1. The molecule has 5 nitrogen and oxygen atoms in total. The molecule has 0 saturated heterocycles. The van der Waals surface area contributed by atoms with Gasteiger partial charge in [-0.05, 0) is 42.8 Å². The summed E-state index contributed by atoms with van der Waals surface area (Å²) in [4.78, 5) is 26.2. The van der Waals surface area contributed by atoms with E-state index in [-0.39, 0.29) is 17.7 Å². The molecule has 4 rings (SSSR count). The summed E-state index contributed by atoms with van der Waals surface area (Å²) in [5, 5.41) is 4.34. The maximum absolute atomic E-state index is 12.8. The van der Waals surface area contributed by atoms with Crippen molar-refractivity contribution in [3.05, 3.63) is 101 Å². The number of rotatable bonds is 8. The zero-order valence-corrected chi connectivity index (χ0v) is 19.5. The molecule has 4 aromatic rings. The number of ether oxygens (including phenoxy) is 1. The molecule has 0 spiro atoms. The minimum absolute atomic E-state index is 0.113. The molecule has 33 heavy (non-hydrogen) atoms. The number of carbonyl (C=O) groups excluding carboxylic acids is 2. The van der Waals surface area contributed by atoms with E-state index >= 15 is 0 Å². The molecule has 0 aliphatic rings. The van der Waals surface area contributed by atoms with Gasteiger partial charge in [0, 0.05) is 26.6 Å². The molecule has 0 fully saturated rings. The third kappa shape index (κ3) is 5.78. The van der Waals surface area contributed by atoms with Crippen LogP contribution in [0.25, 0.3) is 11.0 Å². The normalized spacial score (nSPS) is 11.8. The van der Waals surface area contributed by atoms with Crippen LogP contribution in [0, 0.1) is 0 Å². The van der Waals surface area contributed by atoms with Gasteiger partial charge in [-0.25, -0.2) is 4.79 Å². The second-order valence-electron chi connectivity index (χ2n) is 7.42. The molecule has 168 valence electrons. The number of esters is 1. The summed E-state index contributed by atoms with van der Waals surface area (Å²) in [6.07, 6.45) is 0. The molecule has 0 aliphatic heterocycles. The van der Waals surface area contributed by atoms with Crippen LogP contribution in [-0.2, 0) is 15.3 Å². The summed E-state index contributed by atoms with van der Waals surface area (Å²) >= 11 is 7.52. The number of nitrogens with one attached hydrogen (secondary N) is 1. The van der Waals surface area contributed by atoms with Crippen molar-refractivity contribution >= 4 is 46.2 Å². The van der Waals surface area contributed by atoms with Gasteiger partial charge < -0.3 is 14.5 Å². The van der Waals surface area contributed by atoms with Crippen LogP contribution < -0.4 is 5.32 Å². The van der Waals surface area contributed by atoms with E-state index in [4.69, 9.17) is 20.8 Å². The largest absolute Gasteiger partial charge is 0.450 e. The van der Waals surface area contributed by atoms with Crippen LogP contribution in [0.2, 0.25) is 5.02 Å². The summed E-state index contributed by atoms with van der Waals surface area (Å²) in [7, 11) is 0. The molecule has 1 amide bonds. The van der Waals surface area contributed by atoms with Crippen LogP contribution in [-0.4, -0.2) is 18.5 Å². The summed E-state index contributed by atoms with van der Waals surface area (Å²) in [5.41, 5.74) is 2.29. The number of hydrogen-bond acceptors (Lipinski definition) is 5. The quantitative estimate of drug-likeness (QED) is 0.233. The van der Waals surface area contributed by atoms with Crippen molar-refractivity contribution < 1.29 is 18.7 Å². The Morgan fingerprint density at radius 3 is 2.45 bits per heavy atom. The lowest BCUT2D eigenvalue weighted by Crippen LogP contribution is -2.31. The molecule has 7 heteroatoms. The van der Waals surface area contributed by atoms with Gasteiger partial charge in [0.1, 0.15) is 5.58 Å². The predicted molar refractivity (Wildman–Crippen MR) is 131 cm³/mol. The fraction of sp³-hybridized carbons (Fsp3) is 0.154. The number of amides is 1. The Labute approximate surface area is 201 Å². The average Bonchev–Trinajstić information content (AvgIpc) is 3.21. The van der Waals surface area contributed by atoms with Gasteiger partial charge in [-0.2, -0.15) is 0 Å². The SMILES string of the molecule is C[C@@H](NC(=O)COC(=O)c1oc2ccccc2c1CSc1ccc(Cl)cc1)c1ccccc1. The van der Waals surface area contributed by atoms with E-state index in [1.807, 2.05) is 79.7 Å². The number of benzene rings is 3. The molecule has 3 aromatic carbocycles. The highest BCUT2D eigenvalue weighted by Crippen LogP contribution is 2.33. The van der Waals surface area contributed by atoms with Crippen molar-refractivity contribution in [1.82, 2.24) is 5.32 Å². The highest BCUT2D eigenvalue weighted by molar-refractivity contribution is 7.98. The Balaban J connectivity index is 1.44. The summed E-state index contributed by atoms with van der Waals surface area (Å²) in [6, 6.07) is 24.3. The third-order valence-corrected chi connectivity index (χ3v) is 6.38. The standard InChI is InChI=1S/C26H22ClNO4S/c1-17(18-7-3-2-4-8-18)28-24(29)15-31-26(30)25-22(21-9-5-6-10-23(21)32-25)16-33-20-13-11-19(27)12-14-20/h2-14,17H,15-16H2,1H3,(H,28,29)/t17-/m1/s1. The maximum atomic E-state index is 12.8. The molecule has 0 radical (unpaired) electrons. The molecule has 0 bridgehead atoms. The van der Waals surface area contributed by atoms with Crippen molar-refractivity contribution in [2.24, 2.45) is 0 Å². The zero-order chi connectivity index (χ0) is 23.2. The Morgan fingerprint density at radius 1 is 1.00 bits per heavy atom. The van der Waals surface area contributed by atoms with E-state index in [0.29, 0.717) is 16.4 Å². The highest BCUT2D eigenvalue weighted by atomic mass is 35.5. The lowest BCUT2D eigenvalue weighted by atomic mass is 10.1. The molecular weight excluding hydrogens is 458 g/mol. The van der Waals surface area contributed by atoms with Crippen molar-refractivity contribution in [3.8, 4) is 0 Å². The van der Waals surface area contributed by atoms with E-state index < -0.39 is 12.6 Å². The molecule has 0 aliphatic carbocycles. The average molecular weight is 480 g/mol. The second-order valence-corrected chi connectivity index (χ2v) is 8.91. The predicted octanol–water partition coefficient (Wildman–Crippen LogP) is 6.41. The fourth-order valence-corrected chi connectivity index (χ4v) is 4.45. The summed E-state index contributed by atoms with van der Waals surface area (Å²) < 4.78 is 11.1. The zero-order valence-electron chi connectivity index (χ0n) is 17.9. The van der Waals surface area contributed by atoms with Gasteiger partial charge >= 0.3 is 5.97 Å². The Kier molecular flexibility index (Phi) is 7.37.